The molecule has 1 heterocycles. The Bertz CT molecular complexity index is 865. The van der Waals surface area contributed by atoms with Crippen LogP contribution in [0.25, 0.3) is 6.08 Å². The first-order chi connectivity index (χ1) is 11.6. The lowest BCUT2D eigenvalue weighted by molar-refractivity contribution is -0.255. The first-order valence-corrected chi connectivity index (χ1v) is 7.06. The molecule has 6 nitrogen and oxygen atoms in total. The first-order valence-electron chi connectivity index (χ1n) is 7.06. The van der Waals surface area contributed by atoms with E-state index in [1.165, 1.54) is 25.3 Å². The maximum absolute atomic E-state index is 12.0. The number of benzene rings is 2. The average Bonchev–Trinajstić information content (AvgIpc) is 2.96. The number of nitrogens with zero attached hydrogens (tertiary/aromatic N) is 1. The molecule has 0 amide bonds. The maximum Gasteiger partial charge on any atom is 0.363 e. The van der Waals surface area contributed by atoms with E-state index in [1.54, 1.807) is 36.4 Å². The highest BCUT2D eigenvalue weighted by Crippen LogP contribution is 2.24. The summed E-state index contributed by atoms with van der Waals surface area (Å²) in [6, 6.07) is 13.0. The van der Waals surface area contributed by atoms with Crippen molar-refractivity contribution in [2.75, 3.05) is 7.11 Å². The molecule has 2 aromatic rings. The lowest BCUT2D eigenvalue weighted by atomic mass is 10.1. The number of esters is 1. The number of aromatic carboxylic acids is 1. The first kappa shape index (κ1) is 15.5. The molecule has 2 aromatic carbocycles. The molecule has 6 heteroatoms. The largest absolute Gasteiger partial charge is 0.545 e. The van der Waals surface area contributed by atoms with E-state index in [0.717, 1.165) is 0 Å². The predicted molar refractivity (Wildman–Crippen MR) is 84.4 cm³/mol. The van der Waals surface area contributed by atoms with Crippen LogP contribution in [0.15, 0.2) is 59.2 Å². The summed E-state index contributed by atoms with van der Waals surface area (Å²) in [6.45, 7) is 0. The van der Waals surface area contributed by atoms with Gasteiger partial charge in [-0.15, -0.1) is 0 Å². The highest BCUT2D eigenvalue weighted by molar-refractivity contribution is 6.13. The van der Waals surface area contributed by atoms with E-state index in [1.807, 2.05) is 0 Å². The topological polar surface area (TPSA) is 88.0 Å². The van der Waals surface area contributed by atoms with Crippen molar-refractivity contribution < 1.29 is 24.2 Å². The van der Waals surface area contributed by atoms with Crippen molar-refractivity contribution >= 4 is 23.9 Å². The number of ether oxygens (including phenoxy) is 2. The highest BCUT2D eigenvalue weighted by atomic mass is 16.6. The second-order valence-electron chi connectivity index (χ2n) is 4.95. The van der Waals surface area contributed by atoms with Gasteiger partial charge in [0.2, 0.25) is 5.90 Å². The van der Waals surface area contributed by atoms with Crippen molar-refractivity contribution in [2.24, 2.45) is 4.99 Å². The Labute approximate surface area is 137 Å². The van der Waals surface area contributed by atoms with Gasteiger partial charge in [-0.3, -0.25) is 0 Å². The summed E-state index contributed by atoms with van der Waals surface area (Å²) >= 11 is 0. The number of methoxy groups -OCH3 is 1. The van der Waals surface area contributed by atoms with E-state index in [9.17, 15) is 14.7 Å². The summed E-state index contributed by atoms with van der Waals surface area (Å²) in [4.78, 5) is 26.9. The maximum atomic E-state index is 12.0. The van der Waals surface area contributed by atoms with E-state index in [4.69, 9.17) is 9.47 Å². The molecule has 3 rings (SSSR count). The van der Waals surface area contributed by atoms with Crippen molar-refractivity contribution in [3.8, 4) is 5.75 Å². The summed E-state index contributed by atoms with van der Waals surface area (Å²) in [7, 11) is 1.52. The number of carbonyl (C=O) groups is 2. The summed E-state index contributed by atoms with van der Waals surface area (Å²) in [5.74, 6) is -1.13. The van der Waals surface area contributed by atoms with E-state index in [0.29, 0.717) is 16.9 Å². The van der Waals surface area contributed by atoms with Crippen LogP contribution in [-0.4, -0.2) is 24.9 Å². The van der Waals surface area contributed by atoms with Gasteiger partial charge in [0.15, 0.2) is 5.70 Å². The summed E-state index contributed by atoms with van der Waals surface area (Å²) in [5, 5.41) is 10.7. The minimum atomic E-state index is -1.26. The Balaban J connectivity index is 1.92. The molecule has 24 heavy (non-hydrogen) atoms. The number of rotatable bonds is 4. The Morgan fingerprint density at radius 3 is 2.54 bits per heavy atom. The van der Waals surface area contributed by atoms with E-state index >= 15 is 0 Å². The van der Waals surface area contributed by atoms with Crippen LogP contribution in [0.5, 0.6) is 5.75 Å². The van der Waals surface area contributed by atoms with Crippen LogP contribution in [0.3, 0.4) is 0 Å². The summed E-state index contributed by atoms with van der Waals surface area (Å²) in [6.07, 6.45) is 1.52. The fourth-order valence-electron chi connectivity index (χ4n) is 2.22. The zero-order chi connectivity index (χ0) is 17.1. The number of hydrogen-bond acceptors (Lipinski definition) is 6. The van der Waals surface area contributed by atoms with E-state index < -0.39 is 11.9 Å². The molecule has 0 atom stereocenters. The molecule has 120 valence electrons. The SMILES string of the molecule is COc1ccccc1C1=N/C(=C/c2ccc(C(=O)[O-])cc2)C(=O)O1. The van der Waals surface area contributed by atoms with Crippen LogP contribution >= 0.6 is 0 Å². The van der Waals surface area contributed by atoms with Crippen molar-refractivity contribution in [3.63, 3.8) is 0 Å². The molecule has 0 unspecified atom stereocenters. The number of para-hydroxylation sites is 1. The van der Waals surface area contributed by atoms with Crippen molar-refractivity contribution in [1.29, 1.82) is 0 Å². The van der Waals surface area contributed by atoms with Crippen LogP contribution in [0.1, 0.15) is 21.5 Å². The Kier molecular flexibility index (Phi) is 4.11. The molecule has 0 fully saturated rings. The second kappa shape index (κ2) is 6.37. The second-order valence-corrected chi connectivity index (χ2v) is 4.95. The van der Waals surface area contributed by atoms with Gasteiger partial charge in [0.05, 0.1) is 18.6 Å². The number of carboxylic acid groups (broad SMARTS) is 1. The predicted octanol–water partition coefficient (Wildman–Crippen LogP) is 1.40. The van der Waals surface area contributed by atoms with E-state index in [-0.39, 0.29) is 17.2 Å². The zero-order valence-corrected chi connectivity index (χ0v) is 12.7. The molecule has 0 aromatic heterocycles. The smallest absolute Gasteiger partial charge is 0.363 e. The number of aliphatic imine (C=N–C) groups is 1. The zero-order valence-electron chi connectivity index (χ0n) is 12.7. The van der Waals surface area contributed by atoms with Gasteiger partial charge >= 0.3 is 5.97 Å². The van der Waals surface area contributed by atoms with Gasteiger partial charge in [-0.1, -0.05) is 36.4 Å². The molecular weight excluding hydrogens is 310 g/mol. The van der Waals surface area contributed by atoms with Crippen molar-refractivity contribution in [1.82, 2.24) is 0 Å². The van der Waals surface area contributed by atoms with Gasteiger partial charge in [0, 0.05) is 0 Å². The van der Waals surface area contributed by atoms with Crippen LogP contribution in [0.2, 0.25) is 0 Å². The molecule has 1 aliphatic rings. The molecule has 0 saturated carbocycles. The molecule has 0 aliphatic carbocycles. The van der Waals surface area contributed by atoms with Gasteiger partial charge in [0.25, 0.3) is 0 Å². The lowest BCUT2D eigenvalue weighted by Crippen LogP contribution is -2.21. The number of carboxylic acids is 1. The van der Waals surface area contributed by atoms with Crippen LogP contribution in [0.4, 0.5) is 0 Å². The van der Waals surface area contributed by atoms with Crippen molar-refractivity contribution in [3.05, 3.63) is 70.9 Å². The fraction of sp³-hybridized carbons (Fsp3) is 0.0556. The quantitative estimate of drug-likeness (QED) is 0.627. The number of cyclic esters (lactones) is 1. The van der Waals surface area contributed by atoms with Gasteiger partial charge in [-0.25, -0.2) is 9.79 Å². The molecule has 1 aliphatic heterocycles. The molecule has 0 N–H and O–H groups in total. The molecular formula is C18H12NO5-. The monoisotopic (exact) mass is 322 g/mol. The van der Waals surface area contributed by atoms with Crippen molar-refractivity contribution in [2.45, 2.75) is 0 Å². The normalized spacial score (nSPS) is 15.1. The third-order valence-corrected chi connectivity index (χ3v) is 3.41. The summed E-state index contributed by atoms with van der Waals surface area (Å²) < 4.78 is 10.4. The Morgan fingerprint density at radius 2 is 1.88 bits per heavy atom. The number of hydrogen-bond donors (Lipinski definition) is 0. The highest BCUT2D eigenvalue weighted by Gasteiger charge is 2.26. The molecule has 0 radical (unpaired) electrons. The minimum Gasteiger partial charge on any atom is -0.545 e. The lowest BCUT2D eigenvalue weighted by Gasteiger charge is -2.05. The van der Waals surface area contributed by atoms with Gasteiger partial charge in [-0.05, 0) is 29.3 Å². The summed E-state index contributed by atoms with van der Waals surface area (Å²) in [5.41, 5.74) is 1.38. The standard InChI is InChI=1S/C18H13NO5/c1-23-15-5-3-2-4-13(15)16-19-14(18(22)24-16)10-11-6-8-12(9-7-11)17(20)21/h2-10H,1H3,(H,20,21)/p-1/b14-10+. The Hall–Kier alpha value is -3.41. The molecule has 0 bridgehead atoms. The van der Waals surface area contributed by atoms with Crippen LogP contribution in [0, 0.1) is 0 Å². The average molecular weight is 322 g/mol. The Morgan fingerprint density at radius 1 is 1.17 bits per heavy atom. The van der Waals surface area contributed by atoms with E-state index in [2.05, 4.69) is 4.99 Å². The van der Waals surface area contributed by atoms with Gasteiger partial charge in [0.1, 0.15) is 5.75 Å². The molecule has 0 spiro atoms. The van der Waals surface area contributed by atoms with Gasteiger partial charge < -0.3 is 19.4 Å². The van der Waals surface area contributed by atoms with Gasteiger partial charge in [-0.2, -0.15) is 0 Å². The minimum absolute atomic E-state index is 0.0596. The molecule has 0 saturated heterocycles. The fourth-order valence-corrected chi connectivity index (χ4v) is 2.22. The third kappa shape index (κ3) is 3.03. The van der Waals surface area contributed by atoms with Crippen LogP contribution < -0.4 is 9.84 Å². The third-order valence-electron chi connectivity index (χ3n) is 3.41. The van der Waals surface area contributed by atoms with Crippen LogP contribution in [-0.2, 0) is 9.53 Å². The number of carbonyl (C=O) groups excluding carboxylic acids is 2.